The predicted octanol–water partition coefficient (Wildman–Crippen LogP) is 4.56. The highest BCUT2D eigenvalue weighted by atomic mass is 28.4. The molecule has 3 aliphatic carbocycles. The van der Waals surface area contributed by atoms with Gasteiger partial charge in [0.05, 0.1) is 36.4 Å². The third-order valence-corrected chi connectivity index (χ3v) is 17.4. The third kappa shape index (κ3) is 5.27. The van der Waals surface area contributed by atoms with Crippen LogP contribution < -0.4 is 0 Å². The van der Waals surface area contributed by atoms with Gasteiger partial charge in [-0.15, -0.1) is 0 Å². The number of aliphatic hydroxyl groups excluding tert-OH is 2. The van der Waals surface area contributed by atoms with Gasteiger partial charge < -0.3 is 38.7 Å². The van der Waals surface area contributed by atoms with E-state index < -0.39 is 84.8 Å². The molecular weight excluding hydrogens is 620 g/mol. The zero-order chi connectivity index (χ0) is 34.7. The largest absolute Gasteiger partial charge is 0.455 e. The van der Waals surface area contributed by atoms with Crippen molar-refractivity contribution in [1.29, 1.82) is 0 Å². The molecule has 1 aliphatic heterocycles. The molecule has 3 fully saturated rings. The smallest absolute Gasteiger partial charge is 0.338 e. The number of hydrogen-bond acceptors (Lipinski definition) is 10. The monoisotopic (exact) mass is 674 g/mol. The van der Waals surface area contributed by atoms with Gasteiger partial charge in [-0.1, -0.05) is 59.7 Å². The molecule has 47 heavy (non-hydrogen) atoms. The van der Waals surface area contributed by atoms with Crippen molar-refractivity contribution in [1.82, 2.24) is 0 Å². The molecule has 2 saturated carbocycles. The molecule has 5 rings (SSSR count). The van der Waals surface area contributed by atoms with Crippen LogP contribution in [0.1, 0.15) is 78.6 Å². The number of carbonyl (C=O) groups excluding carboxylic acids is 2. The Balaban J connectivity index is 1.84. The summed E-state index contributed by atoms with van der Waals surface area (Å²) in [5, 5.41) is 38.3. The van der Waals surface area contributed by atoms with Gasteiger partial charge in [0, 0.05) is 37.7 Å². The molecule has 10 nitrogen and oxygen atoms in total. The summed E-state index contributed by atoms with van der Waals surface area (Å²) in [6.07, 6.45) is -5.92. The normalized spacial score (nSPS) is 39.4. The molecule has 0 amide bonds. The quantitative estimate of drug-likeness (QED) is 0.194. The van der Waals surface area contributed by atoms with E-state index in [1.807, 2.05) is 13.8 Å². The van der Waals surface area contributed by atoms with Crippen LogP contribution in [-0.4, -0.2) is 97.1 Å². The molecule has 1 heterocycles. The SMILES string of the molecule is CC[Si](CC)(CC)OC1C[C@H]2OC[C@@]2(OC(C)=O)[C@H]2[C@H](OC(=O)c3ccccc3)[C@]3(O)C[C@H](OC)C(C)=C([C@H](O)[C@H](O)[C@]12C)C3(C)C. The van der Waals surface area contributed by atoms with Crippen LogP contribution in [0.4, 0.5) is 0 Å². The van der Waals surface area contributed by atoms with Crippen molar-refractivity contribution in [3.63, 3.8) is 0 Å². The molecule has 1 saturated heterocycles. The summed E-state index contributed by atoms with van der Waals surface area (Å²) in [5.41, 5.74) is -4.44. The van der Waals surface area contributed by atoms with E-state index in [2.05, 4.69) is 20.8 Å². The first-order valence-electron chi connectivity index (χ1n) is 17.1. The Morgan fingerprint density at radius 2 is 1.66 bits per heavy atom. The number of fused-ring (bicyclic) bond motifs is 5. The zero-order valence-electron chi connectivity index (χ0n) is 29.4. The summed E-state index contributed by atoms with van der Waals surface area (Å²) in [7, 11) is -0.836. The Morgan fingerprint density at radius 3 is 2.17 bits per heavy atom. The van der Waals surface area contributed by atoms with Crippen LogP contribution in [-0.2, 0) is 28.2 Å². The fourth-order valence-electron chi connectivity index (χ4n) is 9.58. The van der Waals surface area contributed by atoms with Crippen LogP contribution >= 0.6 is 0 Å². The minimum atomic E-state index is -2.36. The number of hydrogen-bond donors (Lipinski definition) is 3. The van der Waals surface area contributed by atoms with Gasteiger partial charge in [0.1, 0.15) is 23.9 Å². The molecule has 3 N–H and O–H groups in total. The van der Waals surface area contributed by atoms with Crippen molar-refractivity contribution in [3.8, 4) is 0 Å². The first-order chi connectivity index (χ1) is 22.0. The van der Waals surface area contributed by atoms with Crippen LogP contribution in [0.3, 0.4) is 0 Å². The summed E-state index contributed by atoms with van der Waals surface area (Å²) < 4.78 is 32.0. The molecule has 1 unspecified atom stereocenters. The summed E-state index contributed by atoms with van der Waals surface area (Å²) in [5.74, 6) is -2.28. The van der Waals surface area contributed by atoms with Crippen molar-refractivity contribution < 1.29 is 48.3 Å². The van der Waals surface area contributed by atoms with Gasteiger partial charge in [0.15, 0.2) is 13.9 Å². The third-order valence-electron chi connectivity index (χ3n) is 12.7. The number of carbonyl (C=O) groups is 2. The van der Waals surface area contributed by atoms with Crippen molar-refractivity contribution in [2.75, 3.05) is 13.7 Å². The van der Waals surface area contributed by atoms with Crippen molar-refractivity contribution in [3.05, 3.63) is 47.0 Å². The lowest BCUT2D eigenvalue weighted by Gasteiger charge is -2.70. The standard InChI is InChI=1S/C36H54O10Si/c1-10-47(11-2,12-3)46-25-18-26-35(20-43-26,45-22(5)37)29-31(44-32(40)23-16-14-13-15-17-23)36(41)19-24(42-9)21(4)27(33(36,6)7)28(38)30(39)34(25,29)8/h13-17,24-26,28-31,38-39,41H,10-12,18-20H2,1-9H3/t24-,25?,26+,28-,29-,30-,31-,34+,35-,36+/m0/s1. The number of aliphatic hydroxyl groups is 3. The van der Waals surface area contributed by atoms with E-state index in [9.17, 15) is 24.9 Å². The molecule has 4 aliphatic rings. The van der Waals surface area contributed by atoms with E-state index in [1.165, 1.54) is 14.0 Å². The van der Waals surface area contributed by atoms with E-state index >= 15 is 0 Å². The summed E-state index contributed by atoms with van der Waals surface area (Å²) >= 11 is 0. The van der Waals surface area contributed by atoms with Crippen LogP contribution in [0.15, 0.2) is 41.5 Å². The van der Waals surface area contributed by atoms with Gasteiger partial charge in [-0.25, -0.2) is 4.79 Å². The Kier molecular flexibility index (Phi) is 9.73. The molecule has 11 heteroatoms. The average Bonchev–Trinajstić information content (AvgIpc) is 3.04. The van der Waals surface area contributed by atoms with Gasteiger partial charge >= 0.3 is 11.9 Å². The maximum absolute atomic E-state index is 14.1. The fourth-order valence-corrected chi connectivity index (χ4v) is 12.5. The molecule has 0 spiro atoms. The number of ether oxygens (including phenoxy) is 4. The van der Waals surface area contributed by atoms with Crippen molar-refractivity contribution in [2.45, 2.75) is 134 Å². The van der Waals surface area contributed by atoms with E-state index in [0.29, 0.717) is 17.6 Å². The van der Waals surface area contributed by atoms with Crippen LogP contribution in [0.2, 0.25) is 18.1 Å². The Morgan fingerprint density at radius 1 is 1.04 bits per heavy atom. The lowest BCUT2D eigenvalue weighted by atomic mass is 9.44. The first kappa shape index (κ1) is 36.2. The molecule has 1 aromatic rings. The minimum Gasteiger partial charge on any atom is -0.455 e. The predicted molar refractivity (Wildman–Crippen MR) is 177 cm³/mol. The fraction of sp³-hybridized carbons (Fsp3) is 0.722. The summed E-state index contributed by atoms with van der Waals surface area (Å²) in [6.45, 7) is 14.9. The van der Waals surface area contributed by atoms with Gasteiger partial charge in [-0.2, -0.15) is 0 Å². The van der Waals surface area contributed by atoms with Crippen molar-refractivity contribution in [2.24, 2.45) is 16.7 Å². The maximum Gasteiger partial charge on any atom is 0.338 e. The highest BCUT2D eigenvalue weighted by Crippen LogP contribution is 2.65. The Bertz CT molecular complexity index is 1370. The van der Waals surface area contributed by atoms with E-state index in [1.54, 1.807) is 44.2 Å². The van der Waals surface area contributed by atoms with Crippen LogP contribution in [0.5, 0.6) is 0 Å². The van der Waals surface area contributed by atoms with Gasteiger partial charge in [-0.3, -0.25) is 4.79 Å². The molecule has 262 valence electrons. The number of esters is 2. The van der Waals surface area contributed by atoms with Gasteiger partial charge in [0.2, 0.25) is 0 Å². The second-order valence-electron chi connectivity index (χ2n) is 14.9. The number of benzene rings is 1. The van der Waals surface area contributed by atoms with Crippen molar-refractivity contribution >= 4 is 20.3 Å². The molecule has 1 aromatic carbocycles. The summed E-state index contributed by atoms with van der Waals surface area (Å²) in [4.78, 5) is 27.0. The molecule has 10 atom stereocenters. The Labute approximate surface area is 279 Å². The first-order valence-corrected chi connectivity index (χ1v) is 19.6. The van der Waals surface area contributed by atoms with Gasteiger partial charge in [-0.05, 0) is 48.3 Å². The summed E-state index contributed by atoms with van der Waals surface area (Å²) in [6, 6.07) is 11.0. The van der Waals surface area contributed by atoms with E-state index in [-0.39, 0.29) is 18.6 Å². The molecular formula is C36H54O10Si. The zero-order valence-corrected chi connectivity index (χ0v) is 30.4. The maximum atomic E-state index is 14.1. The second-order valence-corrected chi connectivity index (χ2v) is 19.7. The second kappa shape index (κ2) is 12.6. The van der Waals surface area contributed by atoms with E-state index in [4.69, 9.17) is 23.4 Å². The minimum absolute atomic E-state index is 0.0265. The molecule has 0 radical (unpaired) electrons. The van der Waals surface area contributed by atoms with Gasteiger partial charge in [0.25, 0.3) is 0 Å². The van der Waals surface area contributed by atoms with Crippen LogP contribution in [0, 0.1) is 16.7 Å². The highest BCUT2D eigenvalue weighted by Gasteiger charge is 2.78. The lowest BCUT2D eigenvalue weighted by molar-refractivity contribution is -0.363. The molecule has 2 bridgehead atoms. The topological polar surface area (TPSA) is 141 Å². The number of rotatable bonds is 9. The lowest BCUT2D eigenvalue weighted by Crippen LogP contribution is -2.82. The van der Waals surface area contributed by atoms with Crippen LogP contribution in [0.25, 0.3) is 0 Å². The Hall–Kier alpha value is -2.12. The molecule has 0 aromatic heterocycles. The van der Waals surface area contributed by atoms with E-state index in [0.717, 1.165) is 18.1 Å². The average molecular weight is 675 g/mol. The number of methoxy groups -OCH3 is 1. The highest BCUT2D eigenvalue weighted by molar-refractivity contribution is 6.73.